The lowest BCUT2D eigenvalue weighted by molar-refractivity contribution is 0.0750. The minimum Gasteiger partial charge on any atom is -0.494 e. The number of nitrogens with zero attached hydrogens (tertiary/aromatic N) is 6. The maximum Gasteiger partial charge on any atom is 0.259 e. The first kappa shape index (κ1) is 24.2. The van der Waals surface area contributed by atoms with Gasteiger partial charge >= 0.3 is 0 Å². The number of carbonyl (C=O) groups excluding carboxylic acids is 2. The summed E-state index contributed by atoms with van der Waals surface area (Å²) in [5.74, 6) is -0.120. The van der Waals surface area contributed by atoms with Crippen molar-refractivity contribution in [3.63, 3.8) is 0 Å². The van der Waals surface area contributed by atoms with Crippen LogP contribution in [0.15, 0.2) is 30.7 Å². The lowest BCUT2D eigenvalue weighted by Crippen LogP contribution is -2.25. The number of fused-ring (bicyclic) bond motifs is 1. The number of ether oxygens (including phenoxy) is 1. The number of aromatic nitrogens is 5. The Balaban J connectivity index is 1.36. The van der Waals surface area contributed by atoms with Crippen molar-refractivity contribution in [2.75, 3.05) is 12.4 Å². The summed E-state index contributed by atoms with van der Waals surface area (Å²) in [5.41, 5.74) is 3.36. The Morgan fingerprint density at radius 2 is 1.92 bits per heavy atom. The van der Waals surface area contributed by atoms with Crippen LogP contribution >= 0.6 is 34.5 Å². The van der Waals surface area contributed by atoms with Gasteiger partial charge in [-0.15, -0.1) is 0 Å². The predicted octanol–water partition coefficient (Wildman–Crippen LogP) is 4.37. The molecule has 0 saturated heterocycles. The number of aryl methyl sites for hydroxylation is 2. The molecule has 0 atom stereocenters. The fourth-order valence-corrected chi connectivity index (χ4v) is 5.32. The van der Waals surface area contributed by atoms with Crippen LogP contribution in [0.1, 0.15) is 37.0 Å². The van der Waals surface area contributed by atoms with Gasteiger partial charge in [0, 0.05) is 36.3 Å². The van der Waals surface area contributed by atoms with Crippen molar-refractivity contribution < 1.29 is 14.3 Å². The molecule has 0 saturated carbocycles. The summed E-state index contributed by atoms with van der Waals surface area (Å²) in [6.45, 7) is 2.52. The average Bonchev–Trinajstić information content (AvgIpc) is 3.50. The molecule has 0 aromatic carbocycles. The van der Waals surface area contributed by atoms with Crippen LogP contribution in [0.5, 0.6) is 5.75 Å². The Kier molecular flexibility index (Phi) is 6.37. The van der Waals surface area contributed by atoms with Gasteiger partial charge in [0.2, 0.25) is 0 Å². The average molecular weight is 544 g/mol. The molecule has 4 aromatic rings. The van der Waals surface area contributed by atoms with E-state index in [0.29, 0.717) is 46.2 Å². The zero-order chi connectivity index (χ0) is 25.6. The van der Waals surface area contributed by atoms with Gasteiger partial charge in [-0.05, 0) is 19.1 Å². The standard InChI is InChI=1S/C23H19Cl2N7O3S/c1-11-4-12(13-5-19(24)27-7-17(13)35-3)14(6-26-11)21(33)29-23-28-16-9-32(10-18(16)36-23)22(34)15-8-31(2)30-20(15)25/h4-8H,9-10H2,1-3H3,(H,28,29,33). The first-order valence-electron chi connectivity index (χ1n) is 10.7. The summed E-state index contributed by atoms with van der Waals surface area (Å²) >= 11 is 13.5. The van der Waals surface area contributed by atoms with E-state index in [1.165, 1.54) is 35.5 Å². The molecule has 184 valence electrons. The van der Waals surface area contributed by atoms with Crippen LogP contribution in [0.25, 0.3) is 11.1 Å². The van der Waals surface area contributed by atoms with Crippen LogP contribution in [-0.2, 0) is 20.1 Å². The number of pyridine rings is 2. The van der Waals surface area contributed by atoms with Gasteiger partial charge in [0.05, 0.1) is 48.1 Å². The molecule has 0 bridgehead atoms. The topological polar surface area (TPSA) is 115 Å². The molecule has 0 radical (unpaired) electrons. The fraction of sp³-hybridized carbons (Fsp3) is 0.217. The number of halogens is 2. The summed E-state index contributed by atoms with van der Waals surface area (Å²) in [4.78, 5) is 41.5. The van der Waals surface area contributed by atoms with Crippen molar-refractivity contribution in [2.24, 2.45) is 7.05 Å². The molecular formula is C23H19Cl2N7O3S. The Morgan fingerprint density at radius 3 is 2.61 bits per heavy atom. The van der Waals surface area contributed by atoms with Crippen molar-refractivity contribution in [2.45, 2.75) is 20.0 Å². The molecular weight excluding hydrogens is 525 g/mol. The zero-order valence-electron chi connectivity index (χ0n) is 19.4. The van der Waals surface area contributed by atoms with Crippen LogP contribution < -0.4 is 10.1 Å². The summed E-state index contributed by atoms with van der Waals surface area (Å²) < 4.78 is 6.93. The van der Waals surface area contributed by atoms with E-state index in [1.807, 2.05) is 6.92 Å². The number of anilines is 1. The number of hydrogen-bond donors (Lipinski definition) is 1. The predicted molar refractivity (Wildman–Crippen MR) is 136 cm³/mol. The summed E-state index contributed by atoms with van der Waals surface area (Å²) in [5, 5.41) is 7.74. The number of carbonyl (C=O) groups is 2. The molecule has 13 heteroatoms. The molecule has 1 N–H and O–H groups in total. The Labute approximate surface area is 219 Å². The van der Waals surface area contributed by atoms with Gasteiger partial charge in [-0.2, -0.15) is 5.10 Å². The highest BCUT2D eigenvalue weighted by Gasteiger charge is 2.30. The lowest BCUT2D eigenvalue weighted by Gasteiger charge is -2.15. The molecule has 1 aliphatic rings. The normalized spacial score (nSPS) is 12.5. The second-order valence-corrected chi connectivity index (χ2v) is 9.92. The maximum absolute atomic E-state index is 13.3. The molecule has 10 nitrogen and oxygen atoms in total. The van der Waals surface area contributed by atoms with E-state index in [4.69, 9.17) is 27.9 Å². The van der Waals surface area contributed by atoms with E-state index in [0.717, 1.165) is 16.3 Å². The second-order valence-electron chi connectivity index (χ2n) is 8.09. The number of hydrogen-bond acceptors (Lipinski definition) is 8. The van der Waals surface area contributed by atoms with Gasteiger partial charge in [-0.3, -0.25) is 24.6 Å². The maximum atomic E-state index is 13.3. The highest BCUT2D eigenvalue weighted by Crippen LogP contribution is 2.36. The molecule has 2 amide bonds. The van der Waals surface area contributed by atoms with Gasteiger partial charge in [-0.25, -0.2) is 9.97 Å². The molecule has 0 fully saturated rings. The van der Waals surface area contributed by atoms with E-state index in [1.54, 1.807) is 30.3 Å². The number of amides is 2. The lowest BCUT2D eigenvalue weighted by atomic mass is 10.0. The molecule has 0 aliphatic carbocycles. The molecule has 0 unspecified atom stereocenters. The second kappa shape index (κ2) is 9.49. The van der Waals surface area contributed by atoms with Crippen LogP contribution in [0.3, 0.4) is 0 Å². The number of nitrogens with one attached hydrogen (secondary N) is 1. The Bertz CT molecular complexity index is 1490. The largest absolute Gasteiger partial charge is 0.494 e. The third kappa shape index (κ3) is 4.52. The summed E-state index contributed by atoms with van der Waals surface area (Å²) in [6.07, 6.45) is 4.60. The van der Waals surface area contributed by atoms with Gasteiger partial charge in [-0.1, -0.05) is 34.5 Å². The first-order valence-corrected chi connectivity index (χ1v) is 12.3. The third-order valence-electron chi connectivity index (χ3n) is 5.60. The SMILES string of the molecule is COc1cnc(Cl)cc1-c1cc(C)ncc1C(=O)Nc1nc2c(s1)CN(C(=O)c1cn(C)nc1Cl)C2. The van der Waals surface area contributed by atoms with Gasteiger partial charge in [0.15, 0.2) is 10.3 Å². The molecule has 1 aliphatic heterocycles. The number of methoxy groups -OCH3 is 1. The molecule has 0 spiro atoms. The minimum atomic E-state index is -0.380. The molecule has 36 heavy (non-hydrogen) atoms. The van der Waals surface area contributed by atoms with Gasteiger partial charge in [0.25, 0.3) is 11.8 Å². The molecule has 5 rings (SSSR count). The molecule has 4 aromatic heterocycles. The number of rotatable bonds is 5. The van der Waals surface area contributed by atoms with Crippen molar-refractivity contribution in [1.82, 2.24) is 29.6 Å². The Hall–Kier alpha value is -3.54. The van der Waals surface area contributed by atoms with Crippen LogP contribution in [-0.4, -0.2) is 48.6 Å². The smallest absolute Gasteiger partial charge is 0.259 e. The Morgan fingerprint density at radius 1 is 1.11 bits per heavy atom. The van der Waals surface area contributed by atoms with E-state index in [-0.39, 0.29) is 22.1 Å². The van der Waals surface area contributed by atoms with Crippen LogP contribution in [0.4, 0.5) is 5.13 Å². The van der Waals surface area contributed by atoms with Crippen molar-refractivity contribution in [3.05, 3.63) is 68.4 Å². The summed E-state index contributed by atoms with van der Waals surface area (Å²) in [6, 6.07) is 3.43. The quantitative estimate of drug-likeness (QED) is 0.371. The first-order chi connectivity index (χ1) is 17.2. The van der Waals surface area contributed by atoms with Crippen molar-refractivity contribution in [1.29, 1.82) is 0 Å². The minimum absolute atomic E-state index is 0.160. The van der Waals surface area contributed by atoms with Gasteiger partial charge in [0.1, 0.15) is 10.9 Å². The van der Waals surface area contributed by atoms with Crippen molar-refractivity contribution >= 4 is 51.5 Å². The van der Waals surface area contributed by atoms with E-state index in [2.05, 4.69) is 25.4 Å². The number of thiazole rings is 1. The van der Waals surface area contributed by atoms with Gasteiger partial charge < -0.3 is 9.64 Å². The van der Waals surface area contributed by atoms with Crippen LogP contribution in [0.2, 0.25) is 10.3 Å². The van der Waals surface area contributed by atoms with E-state index in [9.17, 15) is 9.59 Å². The van der Waals surface area contributed by atoms with E-state index >= 15 is 0 Å². The highest BCUT2D eigenvalue weighted by atomic mass is 35.5. The monoisotopic (exact) mass is 543 g/mol. The third-order valence-corrected chi connectivity index (χ3v) is 7.09. The van der Waals surface area contributed by atoms with Crippen LogP contribution in [0, 0.1) is 6.92 Å². The fourth-order valence-electron chi connectivity index (χ4n) is 3.93. The highest BCUT2D eigenvalue weighted by molar-refractivity contribution is 7.16. The van der Waals surface area contributed by atoms with Crippen molar-refractivity contribution in [3.8, 4) is 16.9 Å². The van der Waals surface area contributed by atoms with E-state index < -0.39 is 0 Å². The summed E-state index contributed by atoms with van der Waals surface area (Å²) in [7, 11) is 3.23. The molecule has 5 heterocycles. The zero-order valence-corrected chi connectivity index (χ0v) is 21.7.